The number of halogens is 1. The zero-order chi connectivity index (χ0) is 24.1. The molecule has 0 aromatic heterocycles. The maximum atomic E-state index is 13.6. The number of rotatable bonds is 6. The molecule has 1 atom stereocenters. The van der Waals surface area contributed by atoms with E-state index in [0.717, 1.165) is 39.6 Å². The van der Waals surface area contributed by atoms with Crippen LogP contribution >= 0.6 is 15.9 Å². The van der Waals surface area contributed by atoms with Crippen molar-refractivity contribution in [2.75, 3.05) is 14.2 Å². The molecule has 5 nitrogen and oxygen atoms in total. The van der Waals surface area contributed by atoms with E-state index < -0.39 is 23.4 Å². The molecule has 0 radical (unpaired) electrons. The number of ether oxygens (including phenoxy) is 2. The third-order valence-electron chi connectivity index (χ3n) is 6.30. The minimum atomic E-state index is -1.90. The van der Waals surface area contributed by atoms with Crippen LogP contribution in [0.1, 0.15) is 41.0 Å². The second kappa shape index (κ2) is 10.3. The van der Waals surface area contributed by atoms with Gasteiger partial charge in [-0.2, -0.15) is 0 Å². The molecule has 0 aliphatic heterocycles. The molecule has 3 aromatic carbocycles. The number of methoxy groups -OCH3 is 2. The smallest absolute Gasteiger partial charge is 0.346 e. The van der Waals surface area contributed by atoms with Gasteiger partial charge in [0.05, 0.1) is 19.9 Å². The van der Waals surface area contributed by atoms with Crippen LogP contribution in [-0.4, -0.2) is 37.4 Å². The molecule has 3 aromatic rings. The van der Waals surface area contributed by atoms with Gasteiger partial charge in [0.25, 0.3) is 5.54 Å². The average Bonchev–Trinajstić information content (AvgIpc) is 2.89. The molecular weight excluding hydrogens is 494 g/mol. The number of nitrogens with zero attached hydrogens (tertiary/aromatic N) is 1. The van der Waals surface area contributed by atoms with Crippen molar-refractivity contribution in [2.24, 2.45) is 4.99 Å². The Balaban J connectivity index is 2.04. The van der Waals surface area contributed by atoms with Gasteiger partial charge in [-0.25, -0.2) is 9.59 Å². The minimum absolute atomic E-state index is 0.527. The molecule has 34 heavy (non-hydrogen) atoms. The van der Waals surface area contributed by atoms with Crippen LogP contribution in [-0.2, 0) is 25.5 Å². The quantitative estimate of drug-likeness (QED) is 0.245. The molecule has 0 unspecified atom stereocenters. The lowest BCUT2D eigenvalue weighted by atomic mass is 9.71. The van der Waals surface area contributed by atoms with Crippen molar-refractivity contribution in [1.29, 1.82) is 0 Å². The number of esters is 2. The van der Waals surface area contributed by atoms with E-state index in [0.29, 0.717) is 12.1 Å². The molecule has 0 saturated heterocycles. The maximum absolute atomic E-state index is 13.6. The van der Waals surface area contributed by atoms with E-state index in [-0.39, 0.29) is 0 Å². The highest BCUT2D eigenvalue weighted by Crippen LogP contribution is 2.44. The molecule has 4 rings (SSSR count). The van der Waals surface area contributed by atoms with Crippen molar-refractivity contribution in [3.8, 4) is 0 Å². The number of aliphatic imine (C=N–C) groups is 1. The Morgan fingerprint density at radius 3 is 1.97 bits per heavy atom. The molecular formula is C28H26BrNO4. The van der Waals surface area contributed by atoms with Crippen LogP contribution in [0.25, 0.3) is 0 Å². The van der Waals surface area contributed by atoms with Crippen LogP contribution in [0.5, 0.6) is 0 Å². The zero-order valence-electron chi connectivity index (χ0n) is 19.2. The predicted octanol–water partition coefficient (Wildman–Crippen LogP) is 5.49. The summed E-state index contributed by atoms with van der Waals surface area (Å²) in [6.07, 6.45) is 2.27. The zero-order valence-corrected chi connectivity index (χ0v) is 20.7. The third kappa shape index (κ3) is 4.42. The summed E-state index contributed by atoms with van der Waals surface area (Å²) in [5.74, 6) is -2.01. The van der Waals surface area contributed by atoms with Crippen molar-refractivity contribution >= 4 is 33.6 Å². The molecule has 0 fully saturated rings. The van der Waals surface area contributed by atoms with E-state index in [4.69, 9.17) is 14.5 Å². The summed E-state index contributed by atoms with van der Waals surface area (Å²) in [5.41, 5.74) is 2.19. The molecule has 174 valence electrons. The highest BCUT2D eigenvalue weighted by Gasteiger charge is 2.56. The van der Waals surface area contributed by atoms with Gasteiger partial charge in [-0.3, -0.25) is 4.99 Å². The van der Waals surface area contributed by atoms with Crippen molar-refractivity contribution in [2.45, 2.75) is 30.7 Å². The largest absolute Gasteiger partial charge is 0.467 e. The van der Waals surface area contributed by atoms with Crippen LogP contribution in [0.15, 0.2) is 88.3 Å². The van der Waals surface area contributed by atoms with E-state index in [1.165, 1.54) is 14.2 Å². The Hall–Kier alpha value is -3.25. The van der Waals surface area contributed by atoms with Gasteiger partial charge in [-0.15, -0.1) is 0 Å². The van der Waals surface area contributed by atoms with Crippen molar-refractivity contribution in [3.63, 3.8) is 0 Å². The van der Waals surface area contributed by atoms with Gasteiger partial charge in [-0.1, -0.05) is 82.7 Å². The summed E-state index contributed by atoms with van der Waals surface area (Å²) in [7, 11) is 2.57. The number of benzene rings is 3. The number of carbonyl (C=O) groups is 2. The maximum Gasteiger partial charge on any atom is 0.346 e. The van der Waals surface area contributed by atoms with Crippen LogP contribution in [0.3, 0.4) is 0 Å². The Morgan fingerprint density at radius 1 is 0.882 bits per heavy atom. The molecule has 0 bridgehead atoms. The highest BCUT2D eigenvalue weighted by molar-refractivity contribution is 9.10. The number of aryl methyl sites for hydroxylation is 1. The molecule has 0 spiro atoms. The van der Waals surface area contributed by atoms with Crippen LogP contribution in [0.4, 0.5) is 0 Å². The van der Waals surface area contributed by atoms with Gasteiger partial charge in [0, 0.05) is 21.5 Å². The summed E-state index contributed by atoms with van der Waals surface area (Å²) in [5, 5.41) is 0. The van der Waals surface area contributed by atoms with Gasteiger partial charge in [-0.05, 0) is 42.5 Å². The fraction of sp³-hybridized carbons (Fsp3) is 0.250. The number of fused-ring (bicyclic) bond motifs is 1. The van der Waals surface area contributed by atoms with Crippen molar-refractivity contribution < 1.29 is 19.1 Å². The fourth-order valence-electron chi connectivity index (χ4n) is 4.72. The van der Waals surface area contributed by atoms with E-state index in [9.17, 15) is 9.59 Å². The highest BCUT2D eigenvalue weighted by atomic mass is 79.9. The topological polar surface area (TPSA) is 65.0 Å². The Kier molecular flexibility index (Phi) is 7.27. The van der Waals surface area contributed by atoms with Gasteiger partial charge in [0.1, 0.15) is 0 Å². The van der Waals surface area contributed by atoms with Crippen molar-refractivity contribution in [3.05, 3.63) is 106 Å². The van der Waals surface area contributed by atoms with Crippen LogP contribution in [0, 0.1) is 0 Å². The normalized spacial score (nSPS) is 15.1. The van der Waals surface area contributed by atoms with E-state index in [1.807, 2.05) is 78.9 Å². The number of hydrogen-bond donors (Lipinski definition) is 0. The molecule has 0 saturated carbocycles. The Labute approximate surface area is 208 Å². The molecule has 1 aliphatic rings. The summed E-state index contributed by atoms with van der Waals surface area (Å²) < 4.78 is 11.4. The lowest BCUT2D eigenvalue weighted by Gasteiger charge is -2.37. The second-order valence-electron chi connectivity index (χ2n) is 8.23. The first kappa shape index (κ1) is 23.9. The van der Waals surface area contributed by atoms with E-state index in [1.54, 1.807) is 0 Å². The summed E-state index contributed by atoms with van der Waals surface area (Å²) >= 11 is 3.55. The first-order valence-corrected chi connectivity index (χ1v) is 12.0. The lowest BCUT2D eigenvalue weighted by Crippen LogP contribution is -2.53. The standard InChI is InChI=1S/C28H26BrNO4/c1-33-26(31)28(27(32)34-2,24-15-9-14-19-16-17-22(29)18-23(19)24)30-25(20-10-5-3-6-11-20)21-12-7-4-8-13-21/h3-8,10-13,16-18,24H,9,14-15H2,1-2H3/t24-/m1/s1. The minimum Gasteiger partial charge on any atom is -0.467 e. The fourth-order valence-corrected chi connectivity index (χ4v) is 5.10. The SMILES string of the molecule is COC(=O)C(N=C(c1ccccc1)c1ccccc1)(C(=O)OC)[C@@H]1CCCc2ccc(Br)cc21. The summed E-state index contributed by atoms with van der Waals surface area (Å²) in [6.45, 7) is 0. The Bertz CT molecular complexity index is 1150. The van der Waals surface area contributed by atoms with Gasteiger partial charge in [0.2, 0.25) is 0 Å². The molecule has 0 heterocycles. The lowest BCUT2D eigenvalue weighted by molar-refractivity contribution is -0.162. The monoisotopic (exact) mass is 519 g/mol. The molecule has 6 heteroatoms. The number of hydrogen-bond acceptors (Lipinski definition) is 5. The summed E-state index contributed by atoms with van der Waals surface area (Å²) in [4.78, 5) is 32.2. The third-order valence-corrected chi connectivity index (χ3v) is 6.80. The van der Waals surface area contributed by atoms with Gasteiger partial charge in [0.15, 0.2) is 0 Å². The van der Waals surface area contributed by atoms with E-state index in [2.05, 4.69) is 15.9 Å². The molecule has 0 N–H and O–H groups in total. The van der Waals surface area contributed by atoms with Gasteiger partial charge >= 0.3 is 11.9 Å². The Morgan fingerprint density at radius 2 is 1.44 bits per heavy atom. The molecule has 0 amide bonds. The van der Waals surface area contributed by atoms with Crippen molar-refractivity contribution in [1.82, 2.24) is 0 Å². The summed E-state index contributed by atoms with van der Waals surface area (Å²) in [6, 6.07) is 25.1. The second-order valence-corrected chi connectivity index (χ2v) is 9.15. The van der Waals surface area contributed by atoms with Crippen LogP contribution < -0.4 is 0 Å². The van der Waals surface area contributed by atoms with E-state index >= 15 is 0 Å². The average molecular weight is 520 g/mol. The molecule has 1 aliphatic carbocycles. The first-order valence-electron chi connectivity index (χ1n) is 11.2. The first-order chi connectivity index (χ1) is 16.5. The van der Waals surface area contributed by atoms with Crippen LogP contribution in [0.2, 0.25) is 0 Å². The predicted molar refractivity (Wildman–Crippen MR) is 135 cm³/mol. The number of carbonyl (C=O) groups excluding carboxylic acids is 2. The van der Waals surface area contributed by atoms with Gasteiger partial charge < -0.3 is 9.47 Å².